The van der Waals surface area contributed by atoms with Gasteiger partial charge in [0.05, 0.1) is 12.1 Å². The zero-order valence-electron chi connectivity index (χ0n) is 12.7. The Morgan fingerprint density at radius 2 is 1.95 bits per heavy atom. The Labute approximate surface area is 148 Å². The monoisotopic (exact) mass is 364 g/mol. The molecule has 0 aromatic heterocycles. The number of nitrogens with zero attached hydrogens (tertiary/aromatic N) is 1. The van der Waals surface area contributed by atoms with Crippen molar-refractivity contribution in [1.82, 2.24) is 10.2 Å². The standard InChI is InChI=1S/C16H22Cl2N2O.ClH/c1-20(9-10-2-4-19-5-3-10)16-13-6-11(17)7-14(18)12(13)8-15(16)21;/h6-7,10,15-16,19,21H,2-5,8-9H2,1H3;1H. The van der Waals surface area contributed by atoms with Crippen molar-refractivity contribution < 1.29 is 5.11 Å². The molecule has 22 heavy (non-hydrogen) atoms. The van der Waals surface area contributed by atoms with Gasteiger partial charge in [0.25, 0.3) is 0 Å². The van der Waals surface area contributed by atoms with Crippen molar-refractivity contribution in [3.8, 4) is 0 Å². The summed E-state index contributed by atoms with van der Waals surface area (Å²) in [7, 11) is 2.10. The van der Waals surface area contributed by atoms with Gasteiger partial charge in [0, 0.05) is 23.0 Å². The van der Waals surface area contributed by atoms with Crippen LogP contribution in [0.3, 0.4) is 0 Å². The molecule has 3 rings (SSSR count). The van der Waals surface area contributed by atoms with Crippen LogP contribution in [0.4, 0.5) is 0 Å². The number of nitrogens with one attached hydrogen (secondary N) is 1. The number of hydrogen-bond donors (Lipinski definition) is 2. The number of aliphatic hydroxyl groups excluding tert-OH is 1. The van der Waals surface area contributed by atoms with Crippen molar-refractivity contribution in [2.24, 2.45) is 5.92 Å². The summed E-state index contributed by atoms with van der Waals surface area (Å²) in [5.74, 6) is 0.696. The van der Waals surface area contributed by atoms with E-state index in [9.17, 15) is 5.11 Å². The minimum Gasteiger partial charge on any atom is -0.391 e. The van der Waals surface area contributed by atoms with E-state index in [2.05, 4.69) is 17.3 Å². The Morgan fingerprint density at radius 1 is 1.27 bits per heavy atom. The van der Waals surface area contributed by atoms with E-state index < -0.39 is 6.10 Å². The van der Waals surface area contributed by atoms with Crippen LogP contribution in [0.15, 0.2) is 12.1 Å². The Hall–Kier alpha value is -0.0300. The molecule has 2 unspecified atom stereocenters. The zero-order chi connectivity index (χ0) is 15.0. The summed E-state index contributed by atoms with van der Waals surface area (Å²) in [5, 5.41) is 15.2. The van der Waals surface area contributed by atoms with Gasteiger partial charge < -0.3 is 10.4 Å². The van der Waals surface area contributed by atoms with E-state index in [1.807, 2.05) is 6.07 Å². The maximum Gasteiger partial charge on any atom is 0.0777 e. The van der Waals surface area contributed by atoms with Gasteiger partial charge in [0.2, 0.25) is 0 Å². The van der Waals surface area contributed by atoms with Crippen molar-refractivity contribution in [3.63, 3.8) is 0 Å². The van der Waals surface area contributed by atoms with E-state index in [4.69, 9.17) is 23.2 Å². The summed E-state index contributed by atoms with van der Waals surface area (Å²) in [6.07, 6.45) is 2.63. The number of hydrogen-bond acceptors (Lipinski definition) is 3. The van der Waals surface area contributed by atoms with E-state index >= 15 is 0 Å². The number of aliphatic hydroxyl groups is 1. The van der Waals surface area contributed by atoms with Crippen LogP contribution in [-0.2, 0) is 6.42 Å². The first-order valence-electron chi connectivity index (χ1n) is 7.63. The average Bonchev–Trinajstić information content (AvgIpc) is 2.76. The van der Waals surface area contributed by atoms with Gasteiger partial charge in [0.1, 0.15) is 0 Å². The van der Waals surface area contributed by atoms with Crippen LogP contribution in [0, 0.1) is 5.92 Å². The third kappa shape index (κ3) is 3.72. The summed E-state index contributed by atoms with van der Waals surface area (Å²) >= 11 is 12.4. The third-order valence-electron chi connectivity index (χ3n) is 4.77. The first-order valence-corrected chi connectivity index (χ1v) is 8.38. The van der Waals surface area contributed by atoms with Gasteiger partial charge in [-0.1, -0.05) is 23.2 Å². The Bertz CT molecular complexity index is 520. The number of halogens is 3. The maximum absolute atomic E-state index is 10.5. The molecule has 1 heterocycles. The molecule has 2 atom stereocenters. The lowest BCUT2D eigenvalue weighted by Crippen LogP contribution is -2.38. The Kier molecular flexibility index (Phi) is 6.40. The molecule has 1 aliphatic heterocycles. The van der Waals surface area contributed by atoms with Crippen LogP contribution in [0.2, 0.25) is 10.0 Å². The first-order chi connectivity index (χ1) is 10.1. The van der Waals surface area contributed by atoms with Crippen molar-refractivity contribution >= 4 is 35.6 Å². The van der Waals surface area contributed by atoms with Gasteiger partial charge in [-0.25, -0.2) is 0 Å². The summed E-state index contributed by atoms with van der Waals surface area (Å²) in [6, 6.07) is 3.73. The summed E-state index contributed by atoms with van der Waals surface area (Å²) < 4.78 is 0. The highest BCUT2D eigenvalue weighted by atomic mass is 35.5. The molecule has 0 saturated carbocycles. The number of rotatable bonds is 3. The van der Waals surface area contributed by atoms with Crippen LogP contribution in [0.25, 0.3) is 0 Å². The second-order valence-electron chi connectivity index (χ2n) is 6.30. The number of fused-ring (bicyclic) bond motifs is 1. The largest absolute Gasteiger partial charge is 0.391 e. The van der Waals surface area contributed by atoms with Crippen LogP contribution < -0.4 is 5.32 Å². The molecule has 3 nitrogen and oxygen atoms in total. The topological polar surface area (TPSA) is 35.5 Å². The van der Waals surface area contributed by atoms with Crippen LogP contribution in [0.5, 0.6) is 0 Å². The molecule has 2 N–H and O–H groups in total. The molecule has 1 aromatic rings. The van der Waals surface area contributed by atoms with Gasteiger partial charge in [0.15, 0.2) is 0 Å². The molecule has 1 aromatic carbocycles. The van der Waals surface area contributed by atoms with Gasteiger partial charge >= 0.3 is 0 Å². The molecule has 2 aliphatic rings. The molecule has 0 radical (unpaired) electrons. The van der Waals surface area contributed by atoms with Crippen LogP contribution in [-0.4, -0.2) is 42.8 Å². The summed E-state index contributed by atoms with van der Waals surface area (Å²) in [4.78, 5) is 2.28. The lowest BCUT2D eigenvalue weighted by atomic mass is 9.96. The molecule has 6 heteroatoms. The second kappa shape index (κ2) is 7.69. The molecule has 0 spiro atoms. The quantitative estimate of drug-likeness (QED) is 0.862. The Morgan fingerprint density at radius 3 is 2.64 bits per heavy atom. The number of benzene rings is 1. The van der Waals surface area contributed by atoms with Crippen molar-refractivity contribution in [2.75, 3.05) is 26.7 Å². The minimum absolute atomic E-state index is 0. The fourth-order valence-electron chi connectivity index (χ4n) is 3.75. The molecule has 0 bridgehead atoms. The molecular weight excluding hydrogens is 343 g/mol. The van der Waals surface area contributed by atoms with Gasteiger partial charge in [-0.3, -0.25) is 4.90 Å². The second-order valence-corrected chi connectivity index (χ2v) is 7.15. The van der Waals surface area contributed by atoms with Crippen LogP contribution in [0.1, 0.15) is 30.0 Å². The van der Waals surface area contributed by atoms with E-state index in [0.717, 1.165) is 30.8 Å². The highest BCUT2D eigenvalue weighted by molar-refractivity contribution is 6.35. The molecular formula is C16H23Cl3N2O. The van der Waals surface area contributed by atoms with E-state index in [1.165, 1.54) is 12.8 Å². The van der Waals surface area contributed by atoms with E-state index in [0.29, 0.717) is 22.4 Å². The first kappa shape index (κ1) is 18.3. The lowest BCUT2D eigenvalue weighted by molar-refractivity contribution is 0.0643. The van der Waals surface area contributed by atoms with Gasteiger partial charge in [-0.2, -0.15) is 0 Å². The zero-order valence-corrected chi connectivity index (χ0v) is 15.0. The van der Waals surface area contributed by atoms with E-state index in [-0.39, 0.29) is 18.4 Å². The lowest BCUT2D eigenvalue weighted by Gasteiger charge is -2.33. The summed E-state index contributed by atoms with van der Waals surface area (Å²) in [6.45, 7) is 3.20. The maximum atomic E-state index is 10.5. The number of likely N-dealkylation sites (N-methyl/N-ethyl adjacent to an activating group) is 1. The Balaban J connectivity index is 0.00000176. The highest BCUT2D eigenvalue weighted by Crippen LogP contribution is 2.41. The van der Waals surface area contributed by atoms with E-state index in [1.54, 1.807) is 6.07 Å². The normalized spacial score (nSPS) is 25.1. The predicted octanol–water partition coefficient (Wildman–Crippen LogP) is 3.30. The fourth-order valence-corrected chi connectivity index (χ4v) is 4.33. The highest BCUT2D eigenvalue weighted by Gasteiger charge is 2.36. The third-order valence-corrected chi connectivity index (χ3v) is 5.33. The minimum atomic E-state index is -0.400. The van der Waals surface area contributed by atoms with Crippen molar-refractivity contribution in [3.05, 3.63) is 33.3 Å². The van der Waals surface area contributed by atoms with Crippen molar-refractivity contribution in [1.29, 1.82) is 0 Å². The molecule has 1 saturated heterocycles. The molecule has 0 amide bonds. The number of piperidine rings is 1. The average molecular weight is 366 g/mol. The van der Waals surface area contributed by atoms with Crippen LogP contribution >= 0.6 is 35.6 Å². The molecule has 1 fully saturated rings. The van der Waals surface area contributed by atoms with Gasteiger partial charge in [-0.05, 0) is 62.2 Å². The van der Waals surface area contributed by atoms with Crippen molar-refractivity contribution in [2.45, 2.75) is 31.4 Å². The predicted molar refractivity (Wildman–Crippen MR) is 94.4 cm³/mol. The summed E-state index contributed by atoms with van der Waals surface area (Å²) in [5.41, 5.74) is 2.15. The molecule has 124 valence electrons. The van der Waals surface area contributed by atoms with Gasteiger partial charge in [-0.15, -0.1) is 12.4 Å². The SMILES string of the molecule is CN(CC1CCNCC1)C1c2cc(Cl)cc(Cl)c2CC1O.Cl. The fraction of sp³-hybridized carbons (Fsp3) is 0.625. The molecule has 1 aliphatic carbocycles. The smallest absolute Gasteiger partial charge is 0.0777 e.